The minimum atomic E-state index is -0.265. The molecule has 0 saturated carbocycles. The zero-order valence-electron chi connectivity index (χ0n) is 13.7. The van der Waals surface area contributed by atoms with Crippen LogP contribution in [0.4, 0.5) is 11.4 Å². The summed E-state index contributed by atoms with van der Waals surface area (Å²) in [6, 6.07) is 16.8. The van der Waals surface area contributed by atoms with E-state index in [1.54, 1.807) is 25.4 Å². The van der Waals surface area contributed by atoms with Crippen molar-refractivity contribution in [3.05, 3.63) is 72.1 Å². The molecule has 2 aromatic carbocycles. The number of carbonyl (C=O) groups is 1. The van der Waals surface area contributed by atoms with Crippen LogP contribution in [0.2, 0.25) is 0 Å². The highest BCUT2D eigenvalue weighted by Crippen LogP contribution is 2.26. The molecule has 6 heteroatoms. The lowest BCUT2D eigenvalue weighted by molar-refractivity contribution is 0.0963. The second kappa shape index (κ2) is 7.35. The van der Waals surface area contributed by atoms with Crippen molar-refractivity contribution in [2.24, 2.45) is 0 Å². The molecule has 0 unspecified atom stereocenters. The van der Waals surface area contributed by atoms with E-state index in [9.17, 15) is 4.79 Å². The van der Waals surface area contributed by atoms with Crippen LogP contribution in [0.5, 0.6) is 0 Å². The SMILES string of the molecule is CNC(=O)c1c(-c2ccccc2)noc1/C=C/Nc1ccccc1N. The standard InChI is InChI=1S/C19H18N4O2/c1-21-19(24)17-16(11-12-22-15-10-6-5-9-14(15)20)25-23-18(17)13-7-3-2-4-8-13/h2-12,22H,20H2,1H3,(H,21,24)/b12-11+. The molecular weight excluding hydrogens is 316 g/mol. The lowest BCUT2D eigenvalue weighted by Crippen LogP contribution is -2.19. The zero-order chi connectivity index (χ0) is 17.6. The van der Waals surface area contributed by atoms with Gasteiger partial charge in [-0.1, -0.05) is 47.6 Å². The number of nitrogens with one attached hydrogen (secondary N) is 2. The summed E-state index contributed by atoms with van der Waals surface area (Å²) < 4.78 is 5.37. The molecular formula is C19H18N4O2. The molecule has 0 atom stereocenters. The van der Waals surface area contributed by atoms with Gasteiger partial charge in [0.15, 0.2) is 5.76 Å². The number of hydrogen-bond donors (Lipinski definition) is 3. The van der Waals surface area contributed by atoms with Crippen molar-refractivity contribution < 1.29 is 9.32 Å². The van der Waals surface area contributed by atoms with Crippen LogP contribution < -0.4 is 16.4 Å². The molecule has 0 radical (unpaired) electrons. The number of nitrogens with zero attached hydrogens (tertiary/aromatic N) is 1. The third kappa shape index (κ3) is 3.53. The van der Waals surface area contributed by atoms with Crippen molar-refractivity contribution in [1.29, 1.82) is 0 Å². The van der Waals surface area contributed by atoms with Crippen LogP contribution >= 0.6 is 0 Å². The Bertz CT molecular complexity index is 901. The van der Waals surface area contributed by atoms with Crippen molar-refractivity contribution in [2.45, 2.75) is 0 Å². The van der Waals surface area contributed by atoms with Gasteiger partial charge in [-0.25, -0.2) is 0 Å². The molecule has 1 aromatic heterocycles. The van der Waals surface area contributed by atoms with Crippen molar-refractivity contribution in [1.82, 2.24) is 10.5 Å². The maximum atomic E-state index is 12.3. The molecule has 3 aromatic rings. The van der Waals surface area contributed by atoms with Gasteiger partial charge in [-0.05, 0) is 12.1 Å². The number of rotatable bonds is 5. The molecule has 6 nitrogen and oxygen atoms in total. The summed E-state index contributed by atoms with van der Waals surface area (Å²) >= 11 is 0. The minimum absolute atomic E-state index is 0.265. The van der Waals surface area contributed by atoms with Crippen LogP contribution in [0.1, 0.15) is 16.1 Å². The molecule has 0 spiro atoms. The third-order valence-corrected chi connectivity index (χ3v) is 3.65. The van der Waals surface area contributed by atoms with Crippen LogP contribution in [0, 0.1) is 0 Å². The van der Waals surface area contributed by atoms with E-state index in [4.69, 9.17) is 10.3 Å². The molecule has 0 saturated heterocycles. The Hall–Kier alpha value is -3.54. The van der Waals surface area contributed by atoms with Crippen molar-refractivity contribution >= 4 is 23.4 Å². The van der Waals surface area contributed by atoms with E-state index in [0.717, 1.165) is 11.3 Å². The summed E-state index contributed by atoms with van der Waals surface area (Å²) in [5, 5.41) is 9.75. The average molecular weight is 334 g/mol. The Labute approximate surface area is 145 Å². The first kappa shape index (κ1) is 16.3. The van der Waals surface area contributed by atoms with Gasteiger partial charge in [0.1, 0.15) is 11.3 Å². The normalized spacial score (nSPS) is 10.8. The summed E-state index contributed by atoms with van der Waals surface area (Å²) in [4.78, 5) is 12.3. The smallest absolute Gasteiger partial charge is 0.257 e. The highest BCUT2D eigenvalue weighted by Gasteiger charge is 2.21. The van der Waals surface area contributed by atoms with Gasteiger partial charge in [-0.15, -0.1) is 0 Å². The summed E-state index contributed by atoms with van der Waals surface area (Å²) in [6.45, 7) is 0. The summed E-state index contributed by atoms with van der Waals surface area (Å²) in [7, 11) is 1.57. The molecule has 4 N–H and O–H groups in total. The van der Waals surface area contributed by atoms with Gasteiger partial charge >= 0.3 is 0 Å². The van der Waals surface area contributed by atoms with Gasteiger partial charge in [-0.2, -0.15) is 0 Å². The highest BCUT2D eigenvalue weighted by molar-refractivity contribution is 6.02. The largest absolute Gasteiger partial charge is 0.397 e. The highest BCUT2D eigenvalue weighted by atomic mass is 16.5. The van der Waals surface area contributed by atoms with Crippen LogP contribution in [0.3, 0.4) is 0 Å². The third-order valence-electron chi connectivity index (χ3n) is 3.65. The fourth-order valence-electron chi connectivity index (χ4n) is 2.39. The maximum absolute atomic E-state index is 12.3. The van der Waals surface area contributed by atoms with Crippen LogP contribution in [-0.4, -0.2) is 18.1 Å². The summed E-state index contributed by atoms with van der Waals surface area (Å²) in [5.41, 5.74) is 8.97. The fourth-order valence-corrected chi connectivity index (χ4v) is 2.39. The minimum Gasteiger partial charge on any atom is -0.397 e. The number of aromatic nitrogens is 1. The molecule has 126 valence electrons. The first-order chi connectivity index (χ1) is 12.2. The molecule has 0 aliphatic rings. The monoisotopic (exact) mass is 334 g/mol. The summed E-state index contributed by atoms with van der Waals surface area (Å²) in [6.07, 6.45) is 3.31. The topological polar surface area (TPSA) is 93.2 Å². The second-order valence-corrected chi connectivity index (χ2v) is 5.28. The van der Waals surface area contributed by atoms with Gasteiger partial charge in [0.05, 0.1) is 11.4 Å². The van der Waals surface area contributed by atoms with Gasteiger partial charge < -0.3 is 20.9 Å². The fraction of sp³-hybridized carbons (Fsp3) is 0.0526. The molecule has 0 aliphatic heterocycles. The number of anilines is 2. The quantitative estimate of drug-likeness (QED) is 0.622. The number of hydrogen-bond acceptors (Lipinski definition) is 5. The molecule has 0 fully saturated rings. The zero-order valence-corrected chi connectivity index (χ0v) is 13.7. The second-order valence-electron chi connectivity index (χ2n) is 5.28. The number of benzene rings is 2. The number of amides is 1. The molecule has 25 heavy (non-hydrogen) atoms. The average Bonchev–Trinajstić information content (AvgIpc) is 3.07. The van der Waals surface area contributed by atoms with E-state index in [1.807, 2.05) is 48.5 Å². The molecule has 0 bridgehead atoms. The molecule has 1 amide bonds. The van der Waals surface area contributed by atoms with Gasteiger partial charge in [0, 0.05) is 24.9 Å². The number of carbonyl (C=O) groups excluding carboxylic acids is 1. The van der Waals surface area contributed by atoms with E-state index in [1.165, 1.54) is 0 Å². The predicted octanol–water partition coefficient (Wildman–Crippen LogP) is 3.37. The first-order valence-electron chi connectivity index (χ1n) is 7.75. The van der Waals surface area contributed by atoms with Crippen molar-refractivity contribution in [3.8, 4) is 11.3 Å². The molecule has 3 rings (SSSR count). The van der Waals surface area contributed by atoms with Crippen LogP contribution in [0.15, 0.2) is 65.3 Å². The Morgan fingerprint density at radius 2 is 1.84 bits per heavy atom. The maximum Gasteiger partial charge on any atom is 0.257 e. The predicted molar refractivity (Wildman–Crippen MR) is 98.8 cm³/mol. The number of nitrogens with two attached hydrogens (primary N) is 1. The van der Waals surface area contributed by atoms with Gasteiger partial charge in [-0.3, -0.25) is 4.79 Å². The van der Waals surface area contributed by atoms with E-state index in [2.05, 4.69) is 15.8 Å². The van der Waals surface area contributed by atoms with E-state index in [-0.39, 0.29) is 5.91 Å². The Kier molecular flexibility index (Phi) is 4.80. The molecule has 1 heterocycles. The van der Waals surface area contributed by atoms with Crippen molar-refractivity contribution in [2.75, 3.05) is 18.1 Å². The number of para-hydroxylation sites is 2. The first-order valence-corrected chi connectivity index (χ1v) is 7.75. The van der Waals surface area contributed by atoms with Gasteiger partial charge in [0.25, 0.3) is 5.91 Å². The molecule has 0 aliphatic carbocycles. The van der Waals surface area contributed by atoms with Crippen LogP contribution in [-0.2, 0) is 0 Å². The lowest BCUT2D eigenvalue weighted by atomic mass is 10.1. The van der Waals surface area contributed by atoms with Crippen molar-refractivity contribution in [3.63, 3.8) is 0 Å². The van der Waals surface area contributed by atoms with E-state index in [0.29, 0.717) is 22.7 Å². The summed E-state index contributed by atoms with van der Waals surface area (Å²) in [5.74, 6) is 0.0965. The number of nitrogen functional groups attached to an aromatic ring is 1. The Morgan fingerprint density at radius 3 is 2.56 bits per heavy atom. The van der Waals surface area contributed by atoms with E-state index >= 15 is 0 Å². The Morgan fingerprint density at radius 1 is 1.12 bits per heavy atom. The lowest BCUT2D eigenvalue weighted by Gasteiger charge is -2.04. The van der Waals surface area contributed by atoms with Crippen LogP contribution in [0.25, 0.3) is 17.3 Å². The van der Waals surface area contributed by atoms with Gasteiger partial charge in [0.2, 0.25) is 0 Å². The Balaban J connectivity index is 1.91. The van der Waals surface area contributed by atoms with E-state index < -0.39 is 0 Å².